The lowest BCUT2D eigenvalue weighted by Crippen LogP contribution is -2.25. The zero-order valence-electron chi connectivity index (χ0n) is 80.5. The molecular weight excluding hydrogens is 1900 g/mol. The largest absolute Gasteiger partial charge is 0.309 e. The normalized spacial score (nSPS) is 11.8. The molecule has 0 radical (unpaired) electrons. The summed E-state index contributed by atoms with van der Waals surface area (Å²) in [7, 11) is -3.07. The molecule has 0 atom stereocenters. The first-order valence-electron chi connectivity index (χ1n) is 50.0. The van der Waals surface area contributed by atoms with Crippen molar-refractivity contribution in [3.63, 3.8) is 0 Å². The van der Waals surface area contributed by atoms with E-state index in [1.54, 1.807) is 11.3 Å². The summed E-state index contributed by atoms with van der Waals surface area (Å²) in [5.41, 5.74) is 20.2. The minimum Gasteiger partial charge on any atom is -0.309 e. The van der Waals surface area contributed by atoms with Crippen LogP contribution in [0, 0.1) is 0 Å². The van der Waals surface area contributed by atoms with Crippen LogP contribution in [0.1, 0.15) is 0 Å². The molecule has 15 heteroatoms. The Hall–Kier alpha value is -18.7. The van der Waals surface area contributed by atoms with Crippen molar-refractivity contribution in [1.29, 1.82) is 0 Å². The van der Waals surface area contributed by atoms with Crippen LogP contribution >= 0.6 is 41.2 Å². The standard InChI is InChI=1S/C52H31N5S.C43H28NOPS.C40H24N4S/c1-2-14-33(15-3-1)50-54-51(34-25-28-37(29-26-34)57-43-22-9-6-19-39(43)40-20-7-10-23-44(40)57)56-52(55-50)36-17-12-16-35(31-36)48-49-47(41-21-8-11-24-45(41)58-49)46-38-18-5-4-13-32(38)27-30-42(46)53-48;45-46(34-15-3-1-4-16-34,35-17-5-2-6-18-35)36-19-11-14-31(26-36)29-22-24-30(25-23-29)42-43-41(37-20-9-10-21-40(37)47-43)38-27-32-12-7-8-13-33(32)28-39(38)44-42;1-3-11-26(12-4-1)38-42-39(27-13-5-2-6-14-27)44-40(43-38)28-21-19-25(20-22-28)36-37-35(31-17-9-10-18-34(31)45-37)32-23-29-15-7-8-16-30(29)24-33(32)41-36/h1-31H;1-28H;1-24H. The van der Waals surface area contributed by atoms with E-state index in [0.29, 0.717) is 34.9 Å². The van der Waals surface area contributed by atoms with Gasteiger partial charge >= 0.3 is 0 Å². The van der Waals surface area contributed by atoms with Crippen LogP contribution in [0.5, 0.6) is 0 Å². The highest BCUT2D eigenvalue weighted by atomic mass is 32.1. The van der Waals surface area contributed by atoms with Gasteiger partial charge in [-0.1, -0.05) is 406 Å². The predicted octanol–water partition coefficient (Wildman–Crippen LogP) is 35.0. The maximum Gasteiger partial charge on any atom is 0.171 e. The molecule has 0 aliphatic carbocycles. The van der Waals surface area contributed by atoms with Gasteiger partial charge in [0.15, 0.2) is 42.1 Å². The molecule has 9 aromatic heterocycles. The highest BCUT2D eigenvalue weighted by Gasteiger charge is 2.31. The number of hydrogen-bond acceptors (Lipinski definition) is 13. The molecule has 0 spiro atoms. The zero-order valence-corrected chi connectivity index (χ0v) is 83.8. The van der Waals surface area contributed by atoms with Crippen molar-refractivity contribution < 1.29 is 4.57 Å². The fraction of sp³-hybridized carbons (Fsp3) is 0. The number of pyridine rings is 3. The van der Waals surface area contributed by atoms with Crippen LogP contribution < -0.4 is 15.9 Å². The molecule has 0 N–H and O–H groups in total. The van der Waals surface area contributed by atoms with E-state index in [0.717, 1.165) is 116 Å². The smallest absolute Gasteiger partial charge is 0.171 e. The van der Waals surface area contributed by atoms with Crippen molar-refractivity contribution in [1.82, 2.24) is 49.4 Å². The summed E-state index contributed by atoms with van der Waals surface area (Å²) in [4.78, 5) is 46.0. The number of rotatable bonds is 14. The van der Waals surface area contributed by atoms with Crippen molar-refractivity contribution >= 4 is 204 Å². The molecule has 0 unspecified atom stereocenters. The molecule has 0 aliphatic rings. The van der Waals surface area contributed by atoms with E-state index in [-0.39, 0.29) is 0 Å². The average Bonchev–Trinajstić information content (AvgIpc) is 1.55. The van der Waals surface area contributed by atoms with Crippen LogP contribution in [0.3, 0.4) is 0 Å². The summed E-state index contributed by atoms with van der Waals surface area (Å²) in [5, 5.41) is 23.4. The molecule has 702 valence electrons. The molecule has 0 saturated carbocycles. The first kappa shape index (κ1) is 89.0. The Morgan fingerprint density at radius 1 is 0.180 bits per heavy atom. The van der Waals surface area contributed by atoms with Crippen molar-refractivity contribution in [2.75, 3.05) is 0 Å². The number of fused-ring (bicyclic) bond motifs is 22. The van der Waals surface area contributed by atoms with E-state index in [1.807, 2.05) is 186 Å². The number of thiophene rings is 3. The summed E-state index contributed by atoms with van der Waals surface area (Å²) in [5.74, 6) is 3.79. The highest BCUT2D eigenvalue weighted by molar-refractivity contribution is 7.85. The Bertz CT molecular complexity index is 10500. The first-order chi connectivity index (χ1) is 74.2. The third kappa shape index (κ3) is 15.9. The fourth-order valence-electron chi connectivity index (χ4n) is 21.4. The Kier molecular flexibility index (Phi) is 22.2. The first-order valence-corrected chi connectivity index (χ1v) is 54.2. The van der Waals surface area contributed by atoms with Crippen LogP contribution in [-0.4, -0.2) is 49.4 Å². The van der Waals surface area contributed by atoms with Gasteiger partial charge in [0.25, 0.3) is 0 Å². The van der Waals surface area contributed by atoms with Gasteiger partial charge < -0.3 is 9.13 Å². The predicted molar refractivity (Wildman–Crippen MR) is 631 cm³/mol. The van der Waals surface area contributed by atoms with Crippen LogP contribution in [0.15, 0.2) is 504 Å². The van der Waals surface area contributed by atoms with E-state index in [2.05, 4.69) is 344 Å². The van der Waals surface area contributed by atoms with Gasteiger partial charge in [0.1, 0.15) is 0 Å². The van der Waals surface area contributed by atoms with E-state index >= 15 is 4.57 Å². The van der Waals surface area contributed by atoms with Gasteiger partial charge in [-0.2, -0.15) is 0 Å². The molecule has 0 amide bonds. The minimum absolute atomic E-state index is 0.608. The molecule has 0 fully saturated rings. The molecular formula is C135H83N10OPS3. The van der Waals surface area contributed by atoms with Crippen LogP contribution in [0.4, 0.5) is 0 Å². The van der Waals surface area contributed by atoms with Crippen molar-refractivity contribution in [2.24, 2.45) is 0 Å². The maximum absolute atomic E-state index is 15.0. The van der Waals surface area contributed by atoms with Gasteiger partial charge in [-0.3, -0.25) is 0 Å². The van der Waals surface area contributed by atoms with Gasteiger partial charge in [-0.25, -0.2) is 44.9 Å². The third-order valence-electron chi connectivity index (χ3n) is 28.6. The van der Waals surface area contributed by atoms with Crippen LogP contribution in [0.2, 0.25) is 0 Å². The Morgan fingerprint density at radius 2 is 0.493 bits per heavy atom. The maximum atomic E-state index is 15.0. The second-order valence-electron chi connectivity index (χ2n) is 37.6. The second-order valence-corrected chi connectivity index (χ2v) is 43.5. The topological polar surface area (TPSA) is 138 Å². The number of aromatic nitrogens is 10. The lowest BCUT2D eigenvalue weighted by Gasteiger charge is -2.20. The van der Waals surface area contributed by atoms with Crippen molar-refractivity contribution in [3.8, 4) is 119 Å². The number of hydrogen-bond donors (Lipinski definition) is 0. The SMILES string of the molecule is O=P(c1ccccc1)(c1ccccc1)c1cccc(-c2ccc(-c3nc4cc5ccccc5cc4c4c3sc3ccccc34)cc2)c1.c1ccc(-c2nc(-c3ccc(-n4c5ccccc5c5ccccc54)cc3)nc(-c3cccc(-c4nc5ccc6ccccc6c5c5c4sc4ccccc45)c3)n2)cc1.c1ccc(-c2nc(-c3ccccc3)nc(-c3ccc(-c4nc5cc6ccccc6cc5c5c4sc4ccccc45)cc3)n2)cc1. The van der Waals surface area contributed by atoms with Gasteiger partial charge in [0.2, 0.25) is 0 Å². The molecule has 0 aliphatic heterocycles. The summed E-state index contributed by atoms with van der Waals surface area (Å²) in [6.45, 7) is 0. The van der Waals surface area contributed by atoms with Gasteiger partial charge in [-0.15, -0.1) is 34.0 Å². The molecule has 11 nitrogen and oxygen atoms in total. The van der Waals surface area contributed by atoms with Crippen LogP contribution in [-0.2, 0) is 4.57 Å². The minimum atomic E-state index is -3.07. The van der Waals surface area contributed by atoms with E-state index in [4.69, 9.17) is 44.9 Å². The molecule has 30 rings (SSSR count). The van der Waals surface area contributed by atoms with Gasteiger partial charge in [-0.05, 0) is 141 Å². The van der Waals surface area contributed by atoms with Crippen LogP contribution in [0.25, 0.3) is 266 Å². The quantitative estimate of drug-likeness (QED) is 0.0587. The van der Waals surface area contributed by atoms with E-state index in [1.165, 1.54) is 131 Å². The number of para-hydroxylation sites is 2. The number of benzene rings is 21. The Balaban J connectivity index is 0.000000109. The summed E-state index contributed by atoms with van der Waals surface area (Å²) >= 11 is 5.42. The van der Waals surface area contributed by atoms with Gasteiger partial charge in [0, 0.05) is 145 Å². The summed E-state index contributed by atoms with van der Waals surface area (Å²) < 4.78 is 24.7. The molecule has 21 aromatic carbocycles. The molecule has 9 heterocycles. The fourth-order valence-corrected chi connectivity index (χ4v) is 27.8. The van der Waals surface area contributed by atoms with E-state index < -0.39 is 7.14 Å². The summed E-state index contributed by atoms with van der Waals surface area (Å²) in [6, 6.07) is 175. The summed E-state index contributed by atoms with van der Waals surface area (Å²) in [6.07, 6.45) is 0. The average molecular weight is 1990 g/mol. The van der Waals surface area contributed by atoms with Crippen molar-refractivity contribution in [3.05, 3.63) is 504 Å². The third-order valence-corrected chi connectivity index (χ3v) is 35.2. The van der Waals surface area contributed by atoms with Gasteiger partial charge in [0.05, 0.1) is 58.8 Å². The second kappa shape index (κ2) is 37.4. The zero-order chi connectivity index (χ0) is 99.3. The Labute approximate surface area is 873 Å². The van der Waals surface area contributed by atoms with E-state index in [9.17, 15) is 0 Å². The molecule has 30 aromatic rings. The highest BCUT2D eigenvalue weighted by Crippen LogP contribution is 2.51. The lowest BCUT2D eigenvalue weighted by molar-refractivity contribution is 0.592. The van der Waals surface area contributed by atoms with Crippen molar-refractivity contribution in [2.45, 2.75) is 0 Å². The molecule has 150 heavy (non-hydrogen) atoms. The molecule has 0 saturated heterocycles. The Morgan fingerprint density at radius 3 is 0.960 bits per heavy atom. The monoisotopic (exact) mass is 1990 g/mol. The lowest BCUT2D eigenvalue weighted by atomic mass is 9.98. The number of nitrogens with zero attached hydrogens (tertiary/aromatic N) is 10. The molecule has 0 bridgehead atoms.